The predicted molar refractivity (Wildman–Crippen MR) is 191 cm³/mol. The van der Waals surface area contributed by atoms with E-state index in [4.69, 9.17) is 11.6 Å². The van der Waals surface area contributed by atoms with Crippen LogP contribution in [0, 0.1) is 0 Å². The van der Waals surface area contributed by atoms with E-state index in [1.807, 2.05) is 30.3 Å². The molecule has 1 unspecified atom stereocenters. The minimum atomic E-state index is -4.82. The van der Waals surface area contributed by atoms with Gasteiger partial charge in [0.25, 0.3) is 10.0 Å². The fourth-order valence-electron chi connectivity index (χ4n) is 6.04. The van der Waals surface area contributed by atoms with Gasteiger partial charge in [0.2, 0.25) is 11.8 Å². The van der Waals surface area contributed by atoms with Crippen molar-refractivity contribution >= 4 is 55.1 Å². The number of hydrogen-bond acceptors (Lipinski definition) is 4. The highest BCUT2D eigenvalue weighted by atomic mass is 79.9. The van der Waals surface area contributed by atoms with Crippen LogP contribution in [0.2, 0.25) is 5.02 Å². The first-order valence-electron chi connectivity index (χ1n) is 16.2. The lowest BCUT2D eigenvalue weighted by molar-refractivity contribution is -0.140. The van der Waals surface area contributed by atoms with Gasteiger partial charge < -0.3 is 10.2 Å². The standard InChI is InChI=1S/C37H36BrClF3N3O4S/c38-29-14-10-13-27(21-29)24-44(34(22-26-11-4-1-5-12-26)36(47)43-30-15-6-2-7-16-30)35(46)25-45(50(48,49)31-17-8-3-9-18-31)33-23-28(37(40,41)42)19-20-32(33)39/h1,3-5,8-14,17-21,23,30,34H,2,6-7,15-16,22,24-25H2,(H,43,47). The summed E-state index contributed by atoms with van der Waals surface area (Å²) < 4.78 is 71.4. The van der Waals surface area contributed by atoms with Crippen LogP contribution in [0.1, 0.15) is 48.8 Å². The maximum atomic E-state index is 14.7. The third-order valence-corrected chi connectivity index (χ3v) is 11.2. The van der Waals surface area contributed by atoms with E-state index in [2.05, 4.69) is 21.2 Å². The second-order valence-corrected chi connectivity index (χ2v) is 15.4. The number of benzene rings is 4. The molecule has 0 radical (unpaired) electrons. The molecule has 7 nitrogen and oxygen atoms in total. The van der Waals surface area contributed by atoms with Crippen molar-refractivity contribution in [1.29, 1.82) is 0 Å². The fraction of sp³-hybridized carbons (Fsp3) is 0.297. The number of alkyl halides is 3. The van der Waals surface area contributed by atoms with Gasteiger partial charge in [-0.15, -0.1) is 0 Å². The molecule has 1 atom stereocenters. The predicted octanol–water partition coefficient (Wildman–Crippen LogP) is 8.41. The summed E-state index contributed by atoms with van der Waals surface area (Å²) in [5.74, 6) is -1.21. The molecule has 0 saturated heterocycles. The van der Waals surface area contributed by atoms with Crippen molar-refractivity contribution < 1.29 is 31.2 Å². The van der Waals surface area contributed by atoms with Crippen LogP contribution in [0.4, 0.5) is 18.9 Å². The summed E-state index contributed by atoms with van der Waals surface area (Å²) in [5.41, 5.74) is -0.256. The Balaban J connectivity index is 1.61. The van der Waals surface area contributed by atoms with Crippen LogP contribution >= 0.6 is 27.5 Å². The zero-order chi connectivity index (χ0) is 35.9. The van der Waals surface area contributed by atoms with E-state index in [-0.39, 0.29) is 28.9 Å². The summed E-state index contributed by atoms with van der Waals surface area (Å²) in [6.45, 7) is -1.03. The highest BCUT2D eigenvalue weighted by Crippen LogP contribution is 2.37. The normalized spacial score (nSPS) is 14.5. The molecule has 50 heavy (non-hydrogen) atoms. The van der Waals surface area contributed by atoms with E-state index in [9.17, 15) is 31.2 Å². The van der Waals surface area contributed by atoms with Gasteiger partial charge in [0, 0.05) is 23.5 Å². The van der Waals surface area contributed by atoms with Crippen LogP contribution in [0.5, 0.6) is 0 Å². The number of hydrogen-bond donors (Lipinski definition) is 1. The quantitative estimate of drug-likeness (QED) is 0.156. The summed E-state index contributed by atoms with van der Waals surface area (Å²) in [4.78, 5) is 29.9. The first kappa shape index (κ1) is 37.4. The smallest absolute Gasteiger partial charge is 0.352 e. The van der Waals surface area contributed by atoms with E-state index in [1.165, 1.54) is 29.2 Å². The molecule has 0 aromatic heterocycles. The molecule has 5 rings (SSSR count). The summed E-state index contributed by atoms with van der Waals surface area (Å²) in [7, 11) is -4.65. The molecule has 1 fully saturated rings. The Morgan fingerprint density at radius 3 is 2.14 bits per heavy atom. The molecule has 2 amide bonds. The minimum absolute atomic E-state index is 0.0868. The Kier molecular flexibility index (Phi) is 12.3. The van der Waals surface area contributed by atoms with Crippen molar-refractivity contribution in [1.82, 2.24) is 10.2 Å². The average Bonchev–Trinajstić information content (AvgIpc) is 3.09. The van der Waals surface area contributed by atoms with Crippen molar-refractivity contribution in [2.75, 3.05) is 10.8 Å². The zero-order valence-corrected chi connectivity index (χ0v) is 30.1. The minimum Gasteiger partial charge on any atom is -0.352 e. The topological polar surface area (TPSA) is 86.8 Å². The van der Waals surface area contributed by atoms with Crippen molar-refractivity contribution in [2.24, 2.45) is 0 Å². The van der Waals surface area contributed by atoms with Gasteiger partial charge in [-0.25, -0.2) is 8.42 Å². The molecule has 264 valence electrons. The first-order chi connectivity index (χ1) is 23.8. The first-order valence-corrected chi connectivity index (χ1v) is 18.8. The second kappa shape index (κ2) is 16.4. The number of amides is 2. The summed E-state index contributed by atoms with van der Waals surface area (Å²) >= 11 is 9.86. The van der Waals surface area contributed by atoms with E-state index in [0.717, 1.165) is 54.3 Å². The number of halogens is 5. The molecule has 1 N–H and O–H groups in total. The molecule has 1 aliphatic carbocycles. The number of carbonyl (C=O) groups is 2. The largest absolute Gasteiger partial charge is 0.416 e. The van der Waals surface area contributed by atoms with Crippen LogP contribution < -0.4 is 9.62 Å². The number of sulfonamides is 1. The van der Waals surface area contributed by atoms with Crippen LogP contribution in [0.25, 0.3) is 0 Å². The van der Waals surface area contributed by atoms with Crippen LogP contribution in [0.15, 0.2) is 112 Å². The molecule has 4 aromatic rings. The molecule has 1 aliphatic rings. The fourth-order valence-corrected chi connectivity index (χ4v) is 8.21. The van der Waals surface area contributed by atoms with Crippen molar-refractivity contribution in [2.45, 2.75) is 68.2 Å². The Hall–Kier alpha value is -3.87. The maximum absolute atomic E-state index is 14.7. The van der Waals surface area contributed by atoms with Gasteiger partial charge >= 0.3 is 6.18 Å². The van der Waals surface area contributed by atoms with E-state index < -0.39 is 51.9 Å². The van der Waals surface area contributed by atoms with Gasteiger partial charge in [0.15, 0.2) is 0 Å². The molecule has 13 heteroatoms. The Labute approximate surface area is 303 Å². The lowest BCUT2D eigenvalue weighted by atomic mass is 9.94. The summed E-state index contributed by atoms with van der Waals surface area (Å²) in [6.07, 6.45) is -0.151. The Morgan fingerprint density at radius 1 is 0.860 bits per heavy atom. The van der Waals surface area contributed by atoms with Crippen LogP contribution in [-0.4, -0.2) is 43.8 Å². The molecule has 0 heterocycles. The molecular formula is C37H36BrClF3N3O4S. The van der Waals surface area contributed by atoms with Gasteiger partial charge in [-0.1, -0.05) is 107 Å². The van der Waals surface area contributed by atoms with Crippen LogP contribution in [0.3, 0.4) is 0 Å². The number of nitrogens with zero attached hydrogens (tertiary/aromatic N) is 2. The molecule has 0 bridgehead atoms. The summed E-state index contributed by atoms with van der Waals surface area (Å²) in [6, 6.07) is 24.4. The highest BCUT2D eigenvalue weighted by molar-refractivity contribution is 9.10. The van der Waals surface area contributed by atoms with Gasteiger partial charge in [-0.05, 0) is 66.4 Å². The number of carbonyl (C=O) groups excluding carboxylic acids is 2. The Bertz CT molecular complexity index is 1890. The second-order valence-electron chi connectivity index (χ2n) is 12.2. The maximum Gasteiger partial charge on any atom is 0.416 e. The van der Waals surface area contributed by atoms with E-state index in [1.54, 1.807) is 30.3 Å². The Morgan fingerprint density at radius 2 is 1.50 bits per heavy atom. The van der Waals surface area contributed by atoms with Gasteiger partial charge in [0.05, 0.1) is 21.2 Å². The molecule has 4 aromatic carbocycles. The third-order valence-electron chi connectivity index (χ3n) is 8.62. The number of anilines is 1. The molecule has 1 saturated carbocycles. The number of nitrogens with one attached hydrogen (secondary N) is 1. The van der Waals surface area contributed by atoms with Crippen molar-refractivity contribution in [3.8, 4) is 0 Å². The van der Waals surface area contributed by atoms with Gasteiger partial charge in [0.1, 0.15) is 12.6 Å². The SMILES string of the molecule is O=C(NC1CCCCC1)C(Cc1ccccc1)N(Cc1cccc(Br)c1)C(=O)CN(c1cc(C(F)(F)F)ccc1Cl)S(=O)(=O)c1ccccc1. The molecule has 0 aliphatic heterocycles. The zero-order valence-electron chi connectivity index (χ0n) is 27.0. The van der Waals surface area contributed by atoms with Crippen LogP contribution in [-0.2, 0) is 38.8 Å². The summed E-state index contributed by atoms with van der Waals surface area (Å²) in [5, 5.41) is 2.82. The van der Waals surface area contributed by atoms with Crippen molar-refractivity contribution in [3.05, 3.63) is 129 Å². The third kappa shape index (κ3) is 9.46. The average molecular weight is 791 g/mol. The van der Waals surface area contributed by atoms with Gasteiger partial charge in [-0.2, -0.15) is 13.2 Å². The monoisotopic (exact) mass is 789 g/mol. The van der Waals surface area contributed by atoms with E-state index in [0.29, 0.717) is 15.9 Å². The highest BCUT2D eigenvalue weighted by Gasteiger charge is 2.38. The number of rotatable bonds is 12. The van der Waals surface area contributed by atoms with E-state index >= 15 is 0 Å². The molecular weight excluding hydrogens is 755 g/mol. The lowest BCUT2D eigenvalue weighted by Gasteiger charge is -2.35. The van der Waals surface area contributed by atoms with Crippen molar-refractivity contribution in [3.63, 3.8) is 0 Å². The lowest BCUT2D eigenvalue weighted by Crippen LogP contribution is -2.55. The van der Waals surface area contributed by atoms with Gasteiger partial charge in [-0.3, -0.25) is 13.9 Å². The molecule has 0 spiro atoms.